The highest BCUT2D eigenvalue weighted by Gasteiger charge is 2.27. The lowest BCUT2D eigenvalue weighted by molar-refractivity contribution is 0.0724. The van der Waals surface area contributed by atoms with Crippen LogP contribution in [-0.2, 0) is 4.74 Å². The Morgan fingerprint density at radius 2 is 2.24 bits per heavy atom. The fourth-order valence-corrected chi connectivity index (χ4v) is 2.43. The molecule has 1 aliphatic heterocycles. The first-order valence-corrected chi connectivity index (χ1v) is 6.14. The van der Waals surface area contributed by atoms with Crippen LogP contribution >= 0.6 is 23.2 Å². The zero-order valence-corrected chi connectivity index (χ0v) is 11.0. The monoisotopic (exact) mass is 273 g/mol. The molecule has 5 heteroatoms. The van der Waals surface area contributed by atoms with Crippen LogP contribution in [0.15, 0.2) is 18.2 Å². The summed E-state index contributed by atoms with van der Waals surface area (Å²) in [6, 6.07) is 4.91. The van der Waals surface area contributed by atoms with Crippen LogP contribution in [-0.4, -0.2) is 37.1 Å². The minimum absolute atomic E-state index is 0.0637. The maximum absolute atomic E-state index is 12.2. The highest BCUT2D eigenvalue weighted by molar-refractivity contribution is 6.36. The third kappa shape index (κ3) is 2.73. The Morgan fingerprint density at radius 3 is 2.82 bits per heavy atom. The highest BCUT2D eigenvalue weighted by Crippen LogP contribution is 2.24. The van der Waals surface area contributed by atoms with Crippen LogP contribution in [0.1, 0.15) is 16.8 Å². The van der Waals surface area contributed by atoms with Crippen LogP contribution < -0.4 is 0 Å². The molecule has 1 saturated heterocycles. The Labute approximate surface area is 110 Å². The molecule has 1 aromatic carbocycles. The lowest BCUT2D eigenvalue weighted by Crippen LogP contribution is -2.30. The molecule has 1 aromatic rings. The van der Waals surface area contributed by atoms with E-state index in [0.717, 1.165) is 6.42 Å². The van der Waals surface area contributed by atoms with Crippen molar-refractivity contribution in [3.8, 4) is 0 Å². The number of benzene rings is 1. The standard InChI is InChI=1S/C12H13Cl2NO2/c1-17-9-4-5-15(7-9)12(16)10-3-2-8(13)6-11(10)14/h2-3,6,9H,4-5,7H2,1H3. The molecule has 1 heterocycles. The number of ether oxygens (including phenoxy) is 1. The van der Waals surface area contributed by atoms with Gasteiger partial charge in [0.25, 0.3) is 5.91 Å². The van der Waals surface area contributed by atoms with Gasteiger partial charge in [-0.05, 0) is 24.6 Å². The van der Waals surface area contributed by atoms with Gasteiger partial charge in [-0.1, -0.05) is 23.2 Å². The Kier molecular flexibility index (Phi) is 3.92. The van der Waals surface area contributed by atoms with Gasteiger partial charge in [-0.3, -0.25) is 4.79 Å². The normalized spacial score (nSPS) is 19.7. The molecule has 0 bridgehead atoms. The average Bonchev–Trinajstić information content (AvgIpc) is 2.76. The van der Waals surface area contributed by atoms with Gasteiger partial charge in [0.15, 0.2) is 0 Å². The van der Waals surface area contributed by atoms with Crippen LogP contribution in [0.3, 0.4) is 0 Å². The van der Waals surface area contributed by atoms with E-state index >= 15 is 0 Å². The van der Waals surface area contributed by atoms with Gasteiger partial charge in [0.1, 0.15) is 0 Å². The second-order valence-electron chi connectivity index (χ2n) is 4.02. The molecule has 92 valence electrons. The molecule has 17 heavy (non-hydrogen) atoms. The first-order valence-electron chi connectivity index (χ1n) is 5.39. The van der Waals surface area contributed by atoms with Gasteiger partial charge < -0.3 is 9.64 Å². The van der Waals surface area contributed by atoms with Crippen molar-refractivity contribution in [1.29, 1.82) is 0 Å². The third-order valence-corrected chi connectivity index (χ3v) is 3.47. The van der Waals surface area contributed by atoms with Gasteiger partial charge in [0.05, 0.1) is 16.7 Å². The van der Waals surface area contributed by atoms with E-state index in [0.29, 0.717) is 28.7 Å². The summed E-state index contributed by atoms with van der Waals surface area (Å²) < 4.78 is 5.23. The van der Waals surface area contributed by atoms with E-state index in [2.05, 4.69) is 0 Å². The molecule has 0 spiro atoms. The van der Waals surface area contributed by atoms with Crippen LogP contribution in [0.4, 0.5) is 0 Å². The second kappa shape index (κ2) is 5.25. The Balaban J connectivity index is 2.15. The van der Waals surface area contributed by atoms with Gasteiger partial charge in [-0.2, -0.15) is 0 Å². The minimum Gasteiger partial charge on any atom is -0.380 e. The highest BCUT2D eigenvalue weighted by atomic mass is 35.5. The summed E-state index contributed by atoms with van der Waals surface area (Å²) in [4.78, 5) is 13.9. The number of nitrogens with zero attached hydrogens (tertiary/aromatic N) is 1. The number of methoxy groups -OCH3 is 1. The zero-order chi connectivity index (χ0) is 12.4. The molecule has 1 amide bonds. The molecule has 0 aromatic heterocycles. The van der Waals surface area contributed by atoms with Crippen LogP contribution in [0.5, 0.6) is 0 Å². The molecule has 1 atom stereocenters. The maximum atomic E-state index is 12.2. The van der Waals surface area contributed by atoms with Crippen molar-refractivity contribution in [2.75, 3.05) is 20.2 Å². The predicted molar refractivity (Wildman–Crippen MR) is 67.8 cm³/mol. The number of amides is 1. The SMILES string of the molecule is COC1CCN(C(=O)c2ccc(Cl)cc2Cl)C1. The van der Waals surface area contributed by atoms with Gasteiger partial charge >= 0.3 is 0 Å². The Bertz CT molecular complexity index is 437. The predicted octanol–water partition coefficient (Wildman–Crippen LogP) is 2.85. The van der Waals surface area contributed by atoms with Crippen molar-refractivity contribution in [3.63, 3.8) is 0 Å². The quantitative estimate of drug-likeness (QED) is 0.830. The van der Waals surface area contributed by atoms with Crippen molar-refractivity contribution in [1.82, 2.24) is 4.90 Å². The lowest BCUT2D eigenvalue weighted by atomic mass is 10.2. The summed E-state index contributed by atoms with van der Waals surface area (Å²) in [7, 11) is 1.66. The largest absolute Gasteiger partial charge is 0.380 e. The summed E-state index contributed by atoms with van der Waals surface area (Å²) in [6.45, 7) is 1.32. The van der Waals surface area contributed by atoms with E-state index in [9.17, 15) is 4.79 Å². The summed E-state index contributed by atoms with van der Waals surface area (Å²) in [6.07, 6.45) is 0.998. The number of hydrogen-bond donors (Lipinski definition) is 0. The molecule has 0 N–H and O–H groups in total. The number of hydrogen-bond acceptors (Lipinski definition) is 2. The number of carbonyl (C=O) groups excluding carboxylic acids is 1. The van der Waals surface area contributed by atoms with Crippen molar-refractivity contribution >= 4 is 29.1 Å². The van der Waals surface area contributed by atoms with Crippen LogP contribution in [0.2, 0.25) is 10.0 Å². The lowest BCUT2D eigenvalue weighted by Gasteiger charge is -2.17. The first kappa shape index (κ1) is 12.7. The number of likely N-dealkylation sites (tertiary alicyclic amines) is 1. The van der Waals surface area contributed by atoms with Crippen molar-refractivity contribution in [2.24, 2.45) is 0 Å². The summed E-state index contributed by atoms with van der Waals surface area (Å²) in [5.74, 6) is -0.0637. The van der Waals surface area contributed by atoms with E-state index in [-0.39, 0.29) is 12.0 Å². The van der Waals surface area contributed by atoms with Gasteiger partial charge in [0, 0.05) is 25.2 Å². The van der Waals surface area contributed by atoms with Crippen LogP contribution in [0.25, 0.3) is 0 Å². The second-order valence-corrected chi connectivity index (χ2v) is 4.87. The molecule has 1 aliphatic rings. The van der Waals surface area contributed by atoms with Crippen molar-refractivity contribution < 1.29 is 9.53 Å². The fraction of sp³-hybridized carbons (Fsp3) is 0.417. The zero-order valence-electron chi connectivity index (χ0n) is 9.45. The van der Waals surface area contributed by atoms with E-state index in [4.69, 9.17) is 27.9 Å². The van der Waals surface area contributed by atoms with E-state index < -0.39 is 0 Å². The summed E-state index contributed by atoms with van der Waals surface area (Å²) in [5, 5.41) is 0.922. The minimum atomic E-state index is -0.0637. The van der Waals surface area contributed by atoms with Gasteiger partial charge in [0.2, 0.25) is 0 Å². The summed E-state index contributed by atoms with van der Waals surface area (Å²) >= 11 is 11.8. The van der Waals surface area contributed by atoms with E-state index in [1.807, 2.05) is 0 Å². The number of rotatable bonds is 2. The van der Waals surface area contributed by atoms with E-state index in [1.165, 1.54) is 0 Å². The van der Waals surface area contributed by atoms with Crippen molar-refractivity contribution in [3.05, 3.63) is 33.8 Å². The average molecular weight is 274 g/mol. The Hall–Kier alpha value is -0.770. The topological polar surface area (TPSA) is 29.5 Å². The summed E-state index contributed by atoms with van der Waals surface area (Å²) in [5.41, 5.74) is 0.493. The third-order valence-electron chi connectivity index (χ3n) is 2.93. The number of halogens is 2. The molecular weight excluding hydrogens is 261 g/mol. The molecule has 0 radical (unpaired) electrons. The Morgan fingerprint density at radius 1 is 1.47 bits per heavy atom. The number of carbonyl (C=O) groups is 1. The van der Waals surface area contributed by atoms with E-state index in [1.54, 1.807) is 30.2 Å². The molecule has 1 fully saturated rings. The van der Waals surface area contributed by atoms with Gasteiger partial charge in [-0.15, -0.1) is 0 Å². The smallest absolute Gasteiger partial charge is 0.255 e. The molecular formula is C12H13Cl2NO2. The van der Waals surface area contributed by atoms with Gasteiger partial charge in [-0.25, -0.2) is 0 Å². The maximum Gasteiger partial charge on any atom is 0.255 e. The molecule has 2 rings (SSSR count). The van der Waals surface area contributed by atoms with Crippen molar-refractivity contribution in [2.45, 2.75) is 12.5 Å². The molecule has 1 unspecified atom stereocenters. The first-order chi connectivity index (χ1) is 8.11. The molecule has 3 nitrogen and oxygen atoms in total. The molecule has 0 saturated carbocycles. The van der Waals surface area contributed by atoms with Crippen LogP contribution in [0, 0.1) is 0 Å². The fourth-order valence-electron chi connectivity index (χ4n) is 1.94. The molecule has 0 aliphatic carbocycles.